The molecular weight excluding hydrogens is 378 g/mol. The largest absolute Gasteiger partial charge is 0.273 e. The zero-order valence-electron chi connectivity index (χ0n) is 16.0. The van der Waals surface area contributed by atoms with Crippen LogP contribution in [0.2, 0.25) is 5.02 Å². The summed E-state index contributed by atoms with van der Waals surface area (Å²) in [6.45, 7) is 5.81. The van der Waals surface area contributed by atoms with E-state index in [1.165, 1.54) is 0 Å². The van der Waals surface area contributed by atoms with Gasteiger partial charge in [-0.15, -0.1) is 0 Å². The minimum atomic E-state index is -0.293. The number of hydrazine groups is 1. The lowest BCUT2D eigenvalue weighted by molar-refractivity contribution is -0.128. The van der Waals surface area contributed by atoms with E-state index in [0.29, 0.717) is 11.4 Å². The molecular formula is C20H22ClN5O2. The van der Waals surface area contributed by atoms with E-state index in [4.69, 9.17) is 11.6 Å². The fourth-order valence-electron chi connectivity index (χ4n) is 3.08. The Kier molecular flexibility index (Phi) is 5.94. The van der Waals surface area contributed by atoms with E-state index in [1.54, 1.807) is 28.8 Å². The van der Waals surface area contributed by atoms with Gasteiger partial charge in [-0.2, -0.15) is 5.10 Å². The van der Waals surface area contributed by atoms with Gasteiger partial charge in [-0.1, -0.05) is 23.7 Å². The molecule has 2 aromatic heterocycles. The zero-order chi connectivity index (χ0) is 20.3. The molecule has 0 bridgehead atoms. The molecule has 0 atom stereocenters. The molecule has 0 unspecified atom stereocenters. The van der Waals surface area contributed by atoms with Gasteiger partial charge in [0.2, 0.25) is 11.8 Å². The number of amides is 2. The van der Waals surface area contributed by atoms with Crippen LogP contribution in [0.25, 0.3) is 5.65 Å². The average Bonchev–Trinajstić information content (AvgIpc) is 3.02. The summed E-state index contributed by atoms with van der Waals surface area (Å²) in [5, 5.41) is 5.05. The highest BCUT2D eigenvalue weighted by Crippen LogP contribution is 2.17. The molecule has 0 fully saturated rings. The zero-order valence-corrected chi connectivity index (χ0v) is 16.8. The van der Waals surface area contributed by atoms with Crippen LogP contribution < -0.4 is 10.9 Å². The molecule has 0 spiro atoms. The highest BCUT2D eigenvalue weighted by atomic mass is 35.5. The molecule has 28 heavy (non-hydrogen) atoms. The van der Waals surface area contributed by atoms with Gasteiger partial charge < -0.3 is 0 Å². The van der Waals surface area contributed by atoms with Crippen molar-refractivity contribution in [2.45, 2.75) is 40.0 Å². The van der Waals surface area contributed by atoms with Crippen molar-refractivity contribution in [2.75, 3.05) is 0 Å². The van der Waals surface area contributed by atoms with Crippen LogP contribution in [-0.2, 0) is 22.4 Å². The van der Waals surface area contributed by atoms with Crippen LogP contribution >= 0.6 is 11.6 Å². The Labute approximate surface area is 168 Å². The van der Waals surface area contributed by atoms with Crippen molar-refractivity contribution in [1.29, 1.82) is 0 Å². The second kappa shape index (κ2) is 8.39. The molecule has 3 aromatic rings. The van der Waals surface area contributed by atoms with Gasteiger partial charge in [0.15, 0.2) is 5.65 Å². The number of nitrogens with one attached hydrogen (secondary N) is 2. The summed E-state index contributed by atoms with van der Waals surface area (Å²) in [6, 6.07) is 8.91. The predicted molar refractivity (Wildman–Crippen MR) is 107 cm³/mol. The standard InChI is InChI=1S/C20H22ClN5O2/c1-12-10-18-22-13(2)17(14(3)26(18)25-12)8-9-19(27)23-24-20(28)11-15-4-6-16(21)7-5-15/h4-7,10H,8-9,11H2,1-3H3,(H,23,27)(H,24,28). The molecule has 146 valence electrons. The third-order valence-electron chi connectivity index (χ3n) is 4.51. The fraction of sp³-hybridized carbons (Fsp3) is 0.300. The van der Waals surface area contributed by atoms with Crippen molar-refractivity contribution >= 4 is 29.1 Å². The summed E-state index contributed by atoms with van der Waals surface area (Å²) in [4.78, 5) is 28.6. The summed E-state index contributed by atoms with van der Waals surface area (Å²) < 4.78 is 1.80. The van der Waals surface area contributed by atoms with Crippen molar-refractivity contribution in [3.63, 3.8) is 0 Å². The maximum absolute atomic E-state index is 12.1. The molecule has 0 saturated carbocycles. The van der Waals surface area contributed by atoms with Crippen LogP contribution in [-0.4, -0.2) is 26.4 Å². The minimum absolute atomic E-state index is 0.162. The highest BCUT2D eigenvalue weighted by Gasteiger charge is 2.13. The first-order chi connectivity index (χ1) is 13.3. The van der Waals surface area contributed by atoms with Crippen LogP contribution in [0.1, 0.15) is 34.6 Å². The summed E-state index contributed by atoms with van der Waals surface area (Å²) in [5.74, 6) is -0.557. The molecule has 2 N–H and O–H groups in total. The van der Waals surface area contributed by atoms with Gasteiger partial charge in [0.05, 0.1) is 12.1 Å². The van der Waals surface area contributed by atoms with Gasteiger partial charge in [-0.25, -0.2) is 9.50 Å². The SMILES string of the molecule is Cc1cc2nc(C)c(CCC(=O)NNC(=O)Cc3ccc(Cl)cc3)c(C)n2n1. The number of fused-ring (bicyclic) bond motifs is 1. The Morgan fingerprint density at radius 3 is 2.46 bits per heavy atom. The molecule has 0 aliphatic heterocycles. The number of benzene rings is 1. The van der Waals surface area contributed by atoms with Crippen LogP contribution in [0.3, 0.4) is 0 Å². The smallest absolute Gasteiger partial charge is 0.242 e. The topological polar surface area (TPSA) is 88.4 Å². The highest BCUT2D eigenvalue weighted by molar-refractivity contribution is 6.30. The van der Waals surface area contributed by atoms with E-state index in [-0.39, 0.29) is 24.7 Å². The normalized spacial score (nSPS) is 10.9. The van der Waals surface area contributed by atoms with Gasteiger partial charge in [0, 0.05) is 28.9 Å². The summed E-state index contributed by atoms with van der Waals surface area (Å²) >= 11 is 5.82. The van der Waals surface area contributed by atoms with Gasteiger partial charge in [-0.3, -0.25) is 20.4 Å². The molecule has 1 aromatic carbocycles. The average molecular weight is 400 g/mol. The first-order valence-electron chi connectivity index (χ1n) is 8.98. The second-order valence-electron chi connectivity index (χ2n) is 6.72. The number of nitrogens with zero attached hydrogens (tertiary/aromatic N) is 3. The van der Waals surface area contributed by atoms with Crippen molar-refractivity contribution < 1.29 is 9.59 Å². The summed E-state index contributed by atoms with van der Waals surface area (Å²) in [5.41, 5.74) is 10.2. The number of carbonyl (C=O) groups is 2. The Bertz CT molecular complexity index is 1030. The van der Waals surface area contributed by atoms with E-state index in [2.05, 4.69) is 20.9 Å². The van der Waals surface area contributed by atoms with E-state index < -0.39 is 0 Å². The Balaban J connectivity index is 1.53. The number of carbonyl (C=O) groups excluding carboxylic acids is 2. The number of aromatic nitrogens is 3. The molecule has 0 saturated heterocycles. The Hall–Kier alpha value is -2.93. The van der Waals surface area contributed by atoms with Crippen LogP contribution in [0.5, 0.6) is 0 Å². The van der Waals surface area contributed by atoms with Gasteiger partial charge in [0.25, 0.3) is 0 Å². The predicted octanol–water partition coefficient (Wildman–Crippen LogP) is 2.63. The van der Waals surface area contributed by atoms with E-state index >= 15 is 0 Å². The van der Waals surface area contributed by atoms with E-state index in [0.717, 1.165) is 33.9 Å². The van der Waals surface area contributed by atoms with Gasteiger partial charge >= 0.3 is 0 Å². The van der Waals surface area contributed by atoms with E-state index in [9.17, 15) is 9.59 Å². The third-order valence-corrected chi connectivity index (χ3v) is 4.76. The third kappa shape index (κ3) is 4.67. The fourth-order valence-corrected chi connectivity index (χ4v) is 3.20. The first kappa shape index (κ1) is 19.8. The number of rotatable bonds is 5. The molecule has 8 heteroatoms. The second-order valence-corrected chi connectivity index (χ2v) is 7.15. The minimum Gasteiger partial charge on any atom is -0.273 e. The number of halogens is 1. The van der Waals surface area contributed by atoms with Crippen molar-refractivity contribution in [3.05, 3.63) is 63.6 Å². The lowest BCUT2D eigenvalue weighted by Crippen LogP contribution is -2.42. The maximum Gasteiger partial charge on any atom is 0.242 e. The lowest BCUT2D eigenvalue weighted by atomic mass is 10.1. The molecule has 0 aliphatic rings. The number of hydrogen-bond acceptors (Lipinski definition) is 4. The summed E-state index contributed by atoms with van der Waals surface area (Å²) in [7, 11) is 0. The monoisotopic (exact) mass is 399 g/mol. The lowest BCUT2D eigenvalue weighted by Gasteiger charge is -2.11. The molecule has 0 radical (unpaired) electrons. The van der Waals surface area contributed by atoms with Crippen molar-refractivity contribution in [1.82, 2.24) is 25.4 Å². The molecule has 0 aliphatic carbocycles. The van der Waals surface area contributed by atoms with Gasteiger partial charge in [-0.05, 0) is 50.5 Å². The Morgan fingerprint density at radius 1 is 1.07 bits per heavy atom. The van der Waals surface area contributed by atoms with Gasteiger partial charge in [0.1, 0.15) is 0 Å². The first-order valence-corrected chi connectivity index (χ1v) is 9.36. The molecule has 2 heterocycles. The quantitative estimate of drug-likeness (QED) is 0.645. The summed E-state index contributed by atoms with van der Waals surface area (Å²) in [6.07, 6.45) is 0.906. The van der Waals surface area contributed by atoms with Crippen molar-refractivity contribution in [2.24, 2.45) is 0 Å². The maximum atomic E-state index is 12.1. The number of hydrogen-bond donors (Lipinski definition) is 2. The molecule has 7 nitrogen and oxygen atoms in total. The number of aryl methyl sites for hydroxylation is 3. The molecule has 2 amide bonds. The van der Waals surface area contributed by atoms with Crippen LogP contribution in [0.4, 0.5) is 0 Å². The van der Waals surface area contributed by atoms with Crippen LogP contribution in [0, 0.1) is 20.8 Å². The Morgan fingerprint density at radius 2 is 1.75 bits per heavy atom. The van der Waals surface area contributed by atoms with Crippen molar-refractivity contribution in [3.8, 4) is 0 Å². The van der Waals surface area contributed by atoms with Crippen LogP contribution in [0.15, 0.2) is 30.3 Å². The van der Waals surface area contributed by atoms with E-state index in [1.807, 2.05) is 26.8 Å². The molecule has 3 rings (SSSR count).